The quantitative estimate of drug-likeness (QED) is 0.775. The average molecular weight is 287 g/mol. The number of para-hydroxylation sites is 1. The minimum Gasteiger partial charge on any atom is -0.451 e. The van der Waals surface area contributed by atoms with Crippen LogP contribution in [0.4, 0.5) is 0 Å². The molecule has 0 unspecified atom stereocenters. The second-order valence-electron chi connectivity index (χ2n) is 4.43. The fraction of sp³-hybridized carbons (Fsp3) is 0.133. The SMILES string of the molecule is O=C(NC[C@H](O)c1ccsc1)c1cc2ccccc2o1. The maximum absolute atomic E-state index is 12.0. The first-order chi connectivity index (χ1) is 9.74. The summed E-state index contributed by atoms with van der Waals surface area (Å²) in [5.74, 6) is -0.0702. The number of rotatable bonds is 4. The number of benzene rings is 1. The maximum atomic E-state index is 12.0. The van der Waals surface area contributed by atoms with Crippen LogP contribution in [0.2, 0.25) is 0 Å². The third kappa shape index (κ3) is 2.59. The van der Waals surface area contributed by atoms with Crippen molar-refractivity contribution in [3.8, 4) is 0 Å². The van der Waals surface area contributed by atoms with Crippen molar-refractivity contribution < 1.29 is 14.3 Å². The number of thiophene rings is 1. The van der Waals surface area contributed by atoms with Crippen LogP contribution in [0.5, 0.6) is 0 Å². The molecule has 1 aromatic carbocycles. The van der Waals surface area contributed by atoms with Gasteiger partial charge in [-0.15, -0.1) is 0 Å². The van der Waals surface area contributed by atoms with Gasteiger partial charge in [0.15, 0.2) is 5.76 Å². The summed E-state index contributed by atoms with van der Waals surface area (Å²) in [7, 11) is 0. The number of nitrogens with one attached hydrogen (secondary N) is 1. The van der Waals surface area contributed by atoms with E-state index in [-0.39, 0.29) is 18.2 Å². The van der Waals surface area contributed by atoms with Gasteiger partial charge < -0.3 is 14.8 Å². The average Bonchev–Trinajstić information content (AvgIpc) is 3.12. The fourth-order valence-electron chi connectivity index (χ4n) is 1.95. The Bertz CT molecular complexity index is 685. The lowest BCUT2D eigenvalue weighted by Gasteiger charge is -2.09. The fourth-order valence-corrected chi connectivity index (χ4v) is 2.66. The predicted octanol–water partition coefficient (Wildman–Crippen LogP) is 2.96. The van der Waals surface area contributed by atoms with Gasteiger partial charge in [0, 0.05) is 11.9 Å². The van der Waals surface area contributed by atoms with Crippen LogP contribution in [0.25, 0.3) is 11.0 Å². The van der Waals surface area contributed by atoms with Crippen molar-refractivity contribution in [2.45, 2.75) is 6.10 Å². The van der Waals surface area contributed by atoms with Crippen LogP contribution in [0.15, 0.2) is 51.6 Å². The number of fused-ring (bicyclic) bond motifs is 1. The molecule has 5 heteroatoms. The number of hydrogen-bond acceptors (Lipinski definition) is 4. The normalized spacial score (nSPS) is 12.4. The Morgan fingerprint density at radius 3 is 2.95 bits per heavy atom. The molecule has 2 N–H and O–H groups in total. The molecule has 0 saturated carbocycles. The highest BCUT2D eigenvalue weighted by Gasteiger charge is 2.14. The molecule has 3 rings (SSSR count). The molecule has 2 aromatic heterocycles. The van der Waals surface area contributed by atoms with Gasteiger partial charge in [-0.3, -0.25) is 4.79 Å². The summed E-state index contributed by atoms with van der Waals surface area (Å²) >= 11 is 1.51. The summed E-state index contributed by atoms with van der Waals surface area (Å²) in [5, 5.41) is 17.2. The number of hydrogen-bond donors (Lipinski definition) is 2. The highest BCUT2D eigenvalue weighted by molar-refractivity contribution is 7.07. The number of furan rings is 1. The molecule has 3 aromatic rings. The van der Waals surface area contributed by atoms with Gasteiger partial charge in [-0.2, -0.15) is 11.3 Å². The number of aliphatic hydroxyl groups is 1. The summed E-state index contributed by atoms with van der Waals surface area (Å²) in [6.07, 6.45) is -0.699. The second-order valence-corrected chi connectivity index (χ2v) is 5.21. The van der Waals surface area contributed by atoms with Crippen LogP contribution in [-0.4, -0.2) is 17.6 Å². The van der Waals surface area contributed by atoms with Gasteiger partial charge in [-0.05, 0) is 34.5 Å². The third-order valence-corrected chi connectivity index (χ3v) is 3.73. The first-order valence-corrected chi connectivity index (χ1v) is 7.15. The minimum absolute atomic E-state index is 0.159. The summed E-state index contributed by atoms with van der Waals surface area (Å²) in [4.78, 5) is 12.0. The Hall–Kier alpha value is -2.11. The standard InChI is InChI=1S/C15H13NO3S/c17-12(11-5-6-20-9-11)8-16-15(18)14-7-10-3-1-2-4-13(10)19-14/h1-7,9,12,17H,8H2,(H,16,18)/t12-/m0/s1. The van der Waals surface area contributed by atoms with E-state index < -0.39 is 6.10 Å². The number of carbonyl (C=O) groups excluding carboxylic acids is 1. The number of amides is 1. The molecule has 1 amide bonds. The Morgan fingerprint density at radius 1 is 1.35 bits per heavy atom. The van der Waals surface area contributed by atoms with Gasteiger partial charge in [0.25, 0.3) is 5.91 Å². The molecule has 1 atom stereocenters. The van der Waals surface area contributed by atoms with Crippen molar-refractivity contribution in [3.05, 3.63) is 58.5 Å². The first-order valence-electron chi connectivity index (χ1n) is 6.21. The van der Waals surface area contributed by atoms with Crippen molar-refractivity contribution in [3.63, 3.8) is 0 Å². The van der Waals surface area contributed by atoms with Gasteiger partial charge in [0.2, 0.25) is 0 Å². The van der Waals surface area contributed by atoms with Crippen LogP contribution in [0.1, 0.15) is 22.2 Å². The molecule has 0 spiro atoms. The molecule has 4 nitrogen and oxygen atoms in total. The minimum atomic E-state index is -0.699. The van der Waals surface area contributed by atoms with Gasteiger partial charge in [-0.25, -0.2) is 0 Å². The van der Waals surface area contributed by atoms with Crippen molar-refractivity contribution in [2.75, 3.05) is 6.54 Å². The van der Waals surface area contributed by atoms with Crippen LogP contribution in [0.3, 0.4) is 0 Å². The summed E-state index contributed by atoms with van der Waals surface area (Å²) in [6, 6.07) is 11.0. The Labute approximate surface area is 119 Å². The highest BCUT2D eigenvalue weighted by Crippen LogP contribution is 2.19. The largest absolute Gasteiger partial charge is 0.451 e. The van der Waals surface area contributed by atoms with E-state index in [9.17, 15) is 9.90 Å². The topological polar surface area (TPSA) is 62.5 Å². The molecular formula is C15H13NO3S. The van der Waals surface area contributed by atoms with Gasteiger partial charge in [-0.1, -0.05) is 18.2 Å². The zero-order valence-electron chi connectivity index (χ0n) is 10.6. The van der Waals surface area contributed by atoms with Crippen LogP contribution < -0.4 is 5.32 Å². The van der Waals surface area contributed by atoms with Gasteiger partial charge >= 0.3 is 0 Å². The van der Waals surface area contributed by atoms with Crippen molar-refractivity contribution in [1.82, 2.24) is 5.32 Å². The smallest absolute Gasteiger partial charge is 0.287 e. The van der Waals surface area contributed by atoms with Crippen molar-refractivity contribution in [2.24, 2.45) is 0 Å². The Morgan fingerprint density at radius 2 is 2.20 bits per heavy atom. The molecule has 0 aliphatic rings. The molecule has 0 bridgehead atoms. The Balaban J connectivity index is 1.67. The molecule has 2 heterocycles. The lowest BCUT2D eigenvalue weighted by atomic mass is 10.2. The third-order valence-electron chi connectivity index (χ3n) is 3.03. The molecular weight excluding hydrogens is 274 g/mol. The Kier molecular flexibility index (Phi) is 3.54. The summed E-state index contributed by atoms with van der Waals surface area (Å²) in [6.45, 7) is 0.159. The molecule has 20 heavy (non-hydrogen) atoms. The molecule has 0 fully saturated rings. The van der Waals surface area contributed by atoms with Gasteiger partial charge in [0.1, 0.15) is 5.58 Å². The van der Waals surface area contributed by atoms with Crippen LogP contribution >= 0.6 is 11.3 Å². The van der Waals surface area contributed by atoms with Crippen LogP contribution in [-0.2, 0) is 0 Å². The molecule has 0 aliphatic heterocycles. The van der Waals surface area contributed by atoms with E-state index in [4.69, 9.17) is 4.42 Å². The molecule has 102 valence electrons. The van der Waals surface area contributed by atoms with Crippen LogP contribution in [0, 0.1) is 0 Å². The van der Waals surface area contributed by atoms with E-state index in [1.54, 1.807) is 6.07 Å². The van der Waals surface area contributed by atoms with E-state index in [0.29, 0.717) is 5.58 Å². The second kappa shape index (κ2) is 5.48. The van der Waals surface area contributed by atoms with Crippen molar-refractivity contribution in [1.29, 1.82) is 0 Å². The monoisotopic (exact) mass is 287 g/mol. The zero-order valence-corrected chi connectivity index (χ0v) is 11.4. The zero-order chi connectivity index (χ0) is 13.9. The van der Waals surface area contributed by atoms with E-state index in [1.165, 1.54) is 11.3 Å². The summed E-state index contributed by atoms with van der Waals surface area (Å²) in [5.41, 5.74) is 1.48. The van der Waals surface area contributed by atoms with E-state index in [0.717, 1.165) is 10.9 Å². The summed E-state index contributed by atoms with van der Waals surface area (Å²) < 4.78 is 5.46. The maximum Gasteiger partial charge on any atom is 0.287 e. The lowest BCUT2D eigenvalue weighted by molar-refractivity contribution is 0.0891. The predicted molar refractivity (Wildman–Crippen MR) is 77.8 cm³/mol. The van der Waals surface area contributed by atoms with Crippen molar-refractivity contribution >= 4 is 28.2 Å². The van der Waals surface area contributed by atoms with E-state index >= 15 is 0 Å². The molecule has 0 aliphatic carbocycles. The van der Waals surface area contributed by atoms with Gasteiger partial charge in [0.05, 0.1) is 6.10 Å². The molecule has 0 radical (unpaired) electrons. The molecule has 0 saturated heterocycles. The highest BCUT2D eigenvalue weighted by atomic mass is 32.1. The lowest BCUT2D eigenvalue weighted by Crippen LogP contribution is -2.27. The first kappa shape index (κ1) is 12.9. The number of aliphatic hydroxyl groups excluding tert-OH is 1. The number of carbonyl (C=O) groups is 1. The van der Waals surface area contributed by atoms with E-state index in [1.807, 2.05) is 41.1 Å². The van der Waals surface area contributed by atoms with E-state index in [2.05, 4.69) is 5.32 Å².